The molecule has 0 N–H and O–H groups in total. The fourth-order valence-corrected chi connectivity index (χ4v) is 1.94. The van der Waals surface area contributed by atoms with Gasteiger partial charge in [0.1, 0.15) is 17.4 Å². The number of hydrogen-bond donors (Lipinski definition) is 0. The smallest absolute Gasteiger partial charge is 0.169 e. The summed E-state index contributed by atoms with van der Waals surface area (Å²) in [5.74, 6) is 1.76. The normalized spacial score (nSPS) is 9.90. The molecular formula is C16H16N2O2. The SMILES string of the molecule is CCOc1ccccc1Oc1cc(C)nc(C)c1C#N. The van der Waals surface area contributed by atoms with Gasteiger partial charge in [-0.05, 0) is 32.9 Å². The standard InChI is InChI=1S/C16H16N2O2/c1-4-19-14-7-5-6-8-15(14)20-16-9-11(2)18-12(3)13(16)10-17/h5-9H,4H2,1-3H3. The van der Waals surface area contributed by atoms with Gasteiger partial charge in [0.25, 0.3) is 0 Å². The lowest BCUT2D eigenvalue weighted by Crippen LogP contribution is -1.98. The van der Waals surface area contributed by atoms with Crippen LogP contribution < -0.4 is 9.47 Å². The third-order valence-corrected chi connectivity index (χ3v) is 2.77. The van der Waals surface area contributed by atoms with E-state index in [9.17, 15) is 5.26 Å². The number of pyridine rings is 1. The summed E-state index contributed by atoms with van der Waals surface area (Å²) >= 11 is 0. The topological polar surface area (TPSA) is 55.1 Å². The molecule has 0 unspecified atom stereocenters. The fraction of sp³-hybridized carbons (Fsp3) is 0.250. The van der Waals surface area contributed by atoms with Gasteiger partial charge in [-0.25, -0.2) is 0 Å². The van der Waals surface area contributed by atoms with Crippen LogP contribution in [0.3, 0.4) is 0 Å². The summed E-state index contributed by atoms with van der Waals surface area (Å²) in [4.78, 5) is 4.27. The van der Waals surface area contributed by atoms with Crippen molar-refractivity contribution in [2.75, 3.05) is 6.61 Å². The van der Waals surface area contributed by atoms with Crippen LogP contribution >= 0.6 is 0 Å². The van der Waals surface area contributed by atoms with Crippen LogP contribution in [0.2, 0.25) is 0 Å². The number of nitriles is 1. The maximum Gasteiger partial charge on any atom is 0.169 e. The molecule has 0 aliphatic carbocycles. The van der Waals surface area contributed by atoms with E-state index in [2.05, 4.69) is 11.1 Å². The van der Waals surface area contributed by atoms with E-state index in [1.807, 2.05) is 38.1 Å². The van der Waals surface area contributed by atoms with Gasteiger partial charge in [-0.3, -0.25) is 4.98 Å². The van der Waals surface area contributed by atoms with Crippen LogP contribution in [0.25, 0.3) is 0 Å². The third-order valence-electron chi connectivity index (χ3n) is 2.77. The first-order valence-corrected chi connectivity index (χ1v) is 6.43. The summed E-state index contributed by atoms with van der Waals surface area (Å²) in [7, 11) is 0. The maximum absolute atomic E-state index is 9.24. The predicted octanol–water partition coefficient (Wildman–Crippen LogP) is 3.76. The van der Waals surface area contributed by atoms with Gasteiger partial charge in [-0.2, -0.15) is 5.26 Å². The molecule has 0 saturated carbocycles. The maximum atomic E-state index is 9.24. The summed E-state index contributed by atoms with van der Waals surface area (Å²) in [5, 5.41) is 9.24. The molecule has 1 aromatic carbocycles. The molecule has 4 nitrogen and oxygen atoms in total. The lowest BCUT2D eigenvalue weighted by Gasteiger charge is -2.13. The van der Waals surface area contributed by atoms with Gasteiger partial charge in [0, 0.05) is 11.8 Å². The van der Waals surface area contributed by atoms with Gasteiger partial charge in [-0.1, -0.05) is 12.1 Å². The molecule has 0 atom stereocenters. The minimum atomic E-state index is 0.446. The Balaban J connectivity index is 2.43. The second-order valence-corrected chi connectivity index (χ2v) is 4.32. The monoisotopic (exact) mass is 268 g/mol. The van der Waals surface area contributed by atoms with Gasteiger partial charge in [0.05, 0.1) is 12.3 Å². The molecule has 0 aliphatic rings. The van der Waals surface area contributed by atoms with Crippen LogP contribution in [0, 0.1) is 25.2 Å². The zero-order chi connectivity index (χ0) is 14.5. The molecule has 0 spiro atoms. The average molecular weight is 268 g/mol. The lowest BCUT2D eigenvalue weighted by molar-refractivity contribution is 0.321. The number of aromatic nitrogens is 1. The molecule has 1 heterocycles. The fourth-order valence-electron chi connectivity index (χ4n) is 1.94. The van der Waals surface area contributed by atoms with Gasteiger partial charge in [0.2, 0.25) is 0 Å². The van der Waals surface area contributed by atoms with Crippen molar-refractivity contribution in [2.45, 2.75) is 20.8 Å². The summed E-state index contributed by atoms with van der Waals surface area (Å²) in [6.45, 7) is 6.14. The highest BCUT2D eigenvalue weighted by Gasteiger charge is 2.12. The quantitative estimate of drug-likeness (QED) is 0.847. The average Bonchev–Trinajstić information content (AvgIpc) is 2.41. The van der Waals surface area contributed by atoms with E-state index < -0.39 is 0 Å². The van der Waals surface area contributed by atoms with Crippen molar-refractivity contribution in [2.24, 2.45) is 0 Å². The van der Waals surface area contributed by atoms with E-state index in [4.69, 9.17) is 9.47 Å². The molecule has 2 rings (SSSR count). The largest absolute Gasteiger partial charge is 0.490 e. The number of rotatable bonds is 4. The Kier molecular flexibility index (Phi) is 4.21. The highest BCUT2D eigenvalue weighted by Crippen LogP contribution is 2.33. The Labute approximate surface area is 118 Å². The molecule has 0 saturated heterocycles. The minimum Gasteiger partial charge on any atom is -0.490 e. The molecule has 2 aromatic rings. The van der Waals surface area contributed by atoms with Crippen LogP contribution in [-0.4, -0.2) is 11.6 Å². The molecule has 4 heteroatoms. The second-order valence-electron chi connectivity index (χ2n) is 4.32. The summed E-state index contributed by atoms with van der Waals surface area (Å²) in [5.41, 5.74) is 1.92. The number of para-hydroxylation sites is 2. The van der Waals surface area contributed by atoms with Crippen LogP contribution in [-0.2, 0) is 0 Å². The Hall–Kier alpha value is -2.54. The number of hydrogen-bond acceptors (Lipinski definition) is 4. The summed E-state index contributed by atoms with van der Waals surface area (Å²) in [6, 6.07) is 11.3. The molecule has 0 amide bonds. The van der Waals surface area contributed by atoms with Crippen LogP contribution in [0.15, 0.2) is 30.3 Å². The van der Waals surface area contributed by atoms with E-state index in [-0.39, 0.29) is 0 Å². The molecular weight excluding hydrogens is 252 g/mol. The van der Waals surface area contributed by atoms with Crippen molar-refractivity contribution in [3.63, 3.8) is 0 Å². The van der Waals surface area contributed by atoms with Crippen molar-refractivity contribution in [1.29, 1.82) is 5.26 Å². The molecule has 0 bridgehead atoms. The van der Waals surface area contributed by atoms with E-state index in [1.54, 1.807) is 13.0 Å². The van der Waals surface area contributed by atoms with Crippen molar-refractivity contribution in [3.8, 4) is 23.3 Å². The van der Waals surface area contributed by atoms with Crippen molar-refractivity contribution in [3.05, 3.63) is 47.3 Å². The minimum absolute atomic E-state index is 0.446. The molecule has 0 radical (unpaired) electrons. The number of benzene rings is 1. The summed E-state index contributed by atoms with van der Waals surface area (Å²) < 4.78 is 11.4. The first kappa shape index (κ1) is 13.9. The first-order valence-electron chi connectivity index (χ1n) is 6.43. The van der Waals surface area contributed by atoms with E-state index >= 15 is 0 Å². The van der Waals surface area contributed by atoms with E-state index in [0.717, 1.165) is 5.69 Å². The number of nitrogens with zero attached hydrogens (tertiary/aromatic N) is 2. The van der Waals surface area contributed by atoms with Crippen molar-refractivity contribution >= 4 is 0 Å². The molecule has 0 fully saturated rings. The van der Waals surface area contributed by atoms with Gasteiger partial charge >= 0.3 is 0 Å². The second kappa shape index (κ2) is 6.07. The number of aryl methyl sites for hydroxylation is 2. The molecule has 102 valence electrons. The highest BCUT2D eigenvalue weighted by atomic mass is 16.5. The molecule has 20 heavy (non-hydrogen) atoms. The zero-order valence-corrected chi connectivity index (χ0v) is 11.8. The Bertz CT molecular complexity index is 660. The number of ether oxygens (including phenoxy) is 2. The van der Waals surface area contributed by atoms with Crippen LogP contribution in [0.4, 0.5) is 0 Å². The van der Waals surface area contributed by atoms with Gasteiger partial charge in [-0.15, -0.1) is 0 Å². The molecule has 0 aliphatic heterocycles. The first-order chi connectivity index (χ1) is 9.65. The van der Waals surface area contributed by atoms with E-state index in [0.29, 0.717) is 35.1 Å². The zero-order valence-electron chi connectivity index (χ0n) is 11.8. The predicted molar refractivity (Wildman–Crippen MR) is 76.1 cm³/mol. The van der Waals surface area contributed by atoms with Crippen molar-refractivity contribution in [1.82, 2.24) is 4.98 Å². The highest BCUT2D eigenvalue weighted by molar-refractivity contribution is 5.50. The van der Waals surface area contributed by atoms with Gasteiger partial charge in [0.15, 0.2) is 11.5 Å². The summed E-state index contributed by atoms with van der Waals surface area (Å²) in [6.07, 6.45) is 0. The Morgan fingerprint density at radius 2 is 1.85 bits per heavy atom. The Morgan fingerprint density at radius 3 is 2.50 bits per heavy atom. The van der Waals surface area contributed by atoms with Crippen LogP contribution in [0.5, 0.6) is 17.2 Å². The Morgan fingerprint density at radius 1 is 1.15 bits per heavy atom. The van der Waals surface area contributed by atoms with Crippen molar-refractivity contribution < 1.29 is 9.47 Å². The van der Waals surface area contributed by atoms with E-state index in [1.165, 1.54) is 0 Å². The van der Waals surface area contributed by atoms with Crippen LogP contribution in [0.1, 0.15) is 23.9 Å². The third kappa shape index (κ3) is 2.89. The lowest BCUT2D eigenvalue weighted by atomic mass is 10.2. The molecule has 1 aromatic heterocycles. The van der Waals surface area contributed by atoms with Gasteiger partial charge < -0.3 is 9.47 Å².